The van der Waals surface area contributed by atoms with Gasteiger partial charge in [0.2, 0.25) is 5.91 Å². The van der Waals surface area contributed by atoms with Crippen LogP contribution in [-0.4, -0.2) is 27.4 Å². The molecule has 1 amide bonds. The highest BCUT2D eigenvalue weighted by Gasteiger charge is 2.17. The fraction of sp³-hybridized carbons (Fsp3) is 0.727. The maximum Gasteiger partial charge on any atom is 0.244 e. The highest BCUT2D eigenvalue weighted by Crippen LogP contribution is 2.09. The van der Waals surface area contributed by atoms with E-state index < -0.39 is 0 Å². The minimum atomic E-state index is -0.367. The Balaban J connectivity index is 2.61. The van der Waals surface area contributed by atoms with Gasteiger partial charge in [0, 0.05) is 12.6 Å². The van der Waals surface area contributed by atoms with Crippen LogP contribution in [0.1, 0.15) is 45.5 Å². The number of carbonyl (C=O) groups excluding carboxylic acids is 1. The Bertz CT molecular complexity index is 372. The smallest absolute Gasteiger partial charge is 0.244 e. The summed E-state index contributed by atoms with van der Waals surface area (Å²) < 4.78 is 1.54. The molecule has 0 aliphatic carbocycles. The van der Waals surface area contributed by atoms with Crippen LogP contribution in [0, 0.1) is 5.92 Å². The highest BCUT2D eigenvalue weighted by molar-refractivity contribution is 5.79. The van der Waals surface area contributed by atoms with Gasteiger partial charge in [-0.25, -0.2) is 4.68 Å². The number of amides is 1. The molecule has 1 aromatic rings. The van der Waals surface area contributed by atoms with Gasteiger partial charge < -0.3 is 11.1 Å². The van der Waals surface area contributed by atoms with Crippen molar-refractivity contribution in [2.24, 2.45) is 11.7 Å². The molecule has 96 valence electrons. The van der Waals surface area contributed by atoms with Crippen LogP contribution in [0.5, 0.6) is 0 Å². The molecule has 6 heteroatoms. The number of rotatable bonds is 5. The summed E-state index contributed by atoms with van der Waals surface area (Å²) in [4.78, 5) is 11.8. The van der Waals surface area contributed by atoms with Crippen LogP contribution in [0.15, 0.2) is 6.20 Å². The molecule has 0 bridgehead atoms. The fourth-order valence-corrected chi connectivity index (χ4v) is 1.26. The van der Waals surface area contributed by atoms with Crippen LogP contribution in [0.2, 0.25) is 0 Å². The molecule has 0 spiro atoms. The third-order valence-corrected chi connectivity index (χ3v) is 2.46. The van der Waals surface area contributed by atoms with E-state index in [1.807, 2.05) is 6.92 Å². The van der Waals surface area contributed by atoms with Gasteiger partial charge in [-0.15, -0.1) is 5.10 Å². The van der Waals surface area contributed by atoms with Crippen molar-refractivity contribution in [1.29, 1.82) is 0 Å². The van der Waals surface area contributed by atoms with Gasteiger partial charge >= 0.3 is 0 Å². The molecule has 6 nitrogen and oxygen atoms in total. The van der Waals surface area contributed by atoms with E-state index >= 15 is 0 Å². The minimum absolute atomic E-state index is 0.0557. The first kappa shape index (κ1) is 13.6. The van der Waals surface area contributed by atoms with Gasteiger partial charge in [-0.05, 0) is 19.8 Å². The zero-order valence-electron chi connectivity index (χ0n) is 10.8. The molecule has 1 aromatic heterocycles. The van der Waals surface area contributed by atoms with Crippen molar-refractivity contribution in [3.05, 3.63) is 11.9 Å². The first-order valence-corrected chi connectivity index (χ1v) is 5.86. The molecule has 0 aliphatic heterocycles. The predicted molar refractivity (Wildman–Crippen MR) is 65.2 cm³/mol. The van der Waals surface area contributed by atoms with Crippen LogP contribution < -0.4 is 11.1 Å². The van der Waals surface area contributed by atoms with Crippen LogP contribution in [-0.2, 0) is 4.79 Å². The van der Waals surface area contributed by atoms with Gasteiger partial charge in [0.25, 0.3) is 0 Å². The molecular weight excluding hydrogens is 218 g/mol. The zero-order chi connectivity index (χ0) is 13.0. The lowest BCUT2D eigenvalue weighted by molar-refractivity contribution is -0.124. The lowest BCUT2D eigenvalue weighted by Crippen LogP contribution is -2.33. The molecule has 17 heavy (non-hydrogen) atoms. The Hall–Kier alpha value is -1.43. The van der Waals surface area contributed by atoms with Gasteiger partial charge in [-0.1, -0.05) is 19.1 Å². The van der Waals surface area contributed by atoms with Crippen molar-refractivity contribution in [1.82, 2.24) is 20.3 Å². The molecule has 0 saturated carbocycles. The SMILES string of the molecule is CC(C)CNC(=O)C(C)n1cc(C(C)N)nn1. The molecular formula is C11H21N5O. The first-order valence-electron chi connectivity index (χ1n) is 5.86. The fourth-order valence-electron chi connectivity index (χ4n) is 1.26. The van der Waals surface area contributed by atoms with Crippen molar-refractivity contribution in [2.45, 2.75) is 39.8 Å². The Morgan fingerprint density at radius 1 is 1.47 bits per heavy atom. The normalized spacial score (nSPS) is 14.7. The number of carbonyl (C=O) groups is 1. The largest absolute Gasteiger partial charge is 0.354 e. The Labute approximate surface area is 102 Å². The predicted octanol–water partition coefficient (Wildman–Crippen LogP) is 0.631. The second-order valence-electron chi connectivity index (χ2n) is 4.73. The maximum atomic E-state index is 11.8. The molecule has 0 saturated heterocycles. The van der Waals surface area contributed by atoms with Crippen molar-refractivity contribution in [2.75, 3.05) is 6.54 Å². The lowest BCUT2D eigenvalue weighted by Gasteiger charge is -2.13. The molecule has 0 radical (unpaired) electrons. The summed E-state index contributed by atoms with van der Waals surface area (Å²) in [7, 11) is 0. The number of nitrogens with zero attached hydrogens (tertiary/aromatic N) is 3. The molecule has 1 heterocycles. The van der Waals surface area contributed by atoms with Gasteiger partial charge in [0.1, 0.15) is 6.04 Å². The lowest BCUT2D eigenvalue weighted by atomic mass is 10.2. The van der Waals surface area contributed by atoms with E-state index in [1.54, 1.807) is 13.1 Å². The van der Waals surface area contributed by atoms with Crippen molar-refractivity contribution in [3.63, 3.8) is 0 Å². The van der Waals surface area contributed by atoms with Crippen molar-refractivity contribution in [3.8, 4) is 0 Å². The van der Waals surface area contributed by atoms with Crippen LogP contribution >= 0.6 is 0 Å². The monoisotopic (exact) mass is 239 g/mol. The average molecular weight is 239 g/mol. The van der Waals surface area contributed by atoms with E-state index in [2.05, 4.69) is 29.5 Å². The van der Waals surface area contributed by atoms with Gasteiger partial charge in [-0.2, -0.15) is 0 Å². The Kier molecular flexibility index (Phi) is 4.62. The van der Waals surface area contributed by atoms with E-state index in [0.29, 0.717) is 18.2 Å². The number of hydrogen-bond acceptors (Lipinski definition) is 4. The van der Waals surface area contributed by atoms with E-state index in [4.69, 9.17) is 5.73 Å². The molecule has 2 atom stereocenters. The number of hydrogen-bond donors (Lipinski definition) is 2. The Morgan fingerprint density at radius 2 is 2.12 bits per heavy atom. The third kappa shape index (κ3) is 3.81. The minimum Gasteiger partial charge on any atom is -0.354 e. The summed E-state index contributed by atoms with van der Waals surface area (Å²) in [6, 6.07) is -0.538. The standard InChI is InChI=1S/C11H21N5O/c1-7(2)5-13-11(17)9(4)16-6-10(8(3)12)14-15-16/h6-9H,5,12H2,1-4H3,(H,13,17). The summed E-state index contributed by atoms with van der Waals surface area (Å²) in [6.07, 6.45) is 1.71. The molecule has 3 N–H and O–H groups in total. The van der Waals surface area contributed by atoms with Crippen molar-refractivity contribution < 1.29 is 4.79 Å². The first-order chi connectivity index (χ1) is 7.91. The second-order valence-corrected chi connectivity index (χ2v) is 4.73. The van der Waals surface area contributed by atoms with E-state index in [-0.39, 0.29) is 18.0 Å². The second kappa shape index (κ2) is 5.77. The number of nitrogens with two attached hydrogens (primary N) is 1. The summed E-state index contributed by atoms with van der Waals surface area (Å²) in [6.45, 7) is 8.38. The quantitative estimate of drug-likeness (QED) is 0.789. The topological polar surface area (TPSA) is 85.8 Å². The van der Waals surface area contributed by atoms with Gasteiger partial charge in [0.05, 0.1) is 11.9 Å². The van der Waals surface area contributed by atoms with Crippen LogP contribution in [0.25, 0.3) is 0 Å². The van der Waals surface area contributed by atoms with E-state index in [1.165, 1.54) is 4.68 Å². The van der Waals surface area contributed by atoms with Gasteiger partial charge in [-0.3, -0.25) is 4.79 Å². The summed E-state index contributed by atoms with van der Waals surface area (Å²) in [5.74, 6) is 0.376. The van der Waals surface area contributed by atoms with Gasteiger partial charge in [0.15, 0.2) is 0 Å². The van der Waals surface area contributed by atoms with Crippen molar-refractivity contribution >= 4 is 5.91 Å². The van der Waals surface area contributed by atoms with Crippen LogP contribution in [0.3, 0.4) is 0 Å². The maximum absolute atomic E-state index is 11.8. The average Bonchev–Trinajstić information content (AvgIpc) is 2.73. The molecule has 0 aliphatic rings. The summed E-state index contributed by atoms with van der Waals surface area (Å²) in [5.41, 5.74) is 6.37. The van der Waals surface area contributed by atoms with E-state index in [9.17, 15) is 4.79 Å². The number of nitrogens with one attached hydrogen (secondary N) is 1. The highest BCUT2D eigenvalue weighted by atomic mass is 16.2. The Morgan fingerprint density at radius 3 is 2.59 bits per heavy atom. The zero-order valence-corrected chi connectivity index (χ0v) is 10.8. The molecule has 1 rings (SSSR count). The molecule has 0 fully saturated rings. The summed E-state index contributed by atoms with van der Waals surface area (Å²) >= 11 is 0. The number of aromatic nitrogens is 3. The van der Waals surface area contributed by atoms with E-state index in [0.717, 1.165) is 0 Å². The third-order valence-electron chi connectivity index (χ3n) is 2.46. The molecule has 2 unspecified atom stereocenters. The van der Waals surface area contributed by atoms with Crippen LogP contribution in [0.4, 0.5) is 0 Å². The summed E-state index contributed by atoms with van der Waals surface area (Å²) in [5, 5.41) is 10.7. The molecule has 0 aromatic carbocycles.